The minimum atomic E-state index is -0.355. The van der Waals surface area contributed by atoms with Crippen molar-refractivity contribution in [3.63, 3.8) is 0 Å². The van der Waals surface area contributed by atoms with Gasteiger partial charge >= 0.3 is 11.9 Å². The zero-order chi connectivity index (χ0) is 24.5. The van der Waals surface area contributed by atoms with E-state index in [1.165, 1.54) is 0 Å². The average Bonchev–Trinajstić information content (AvgIpc) is 3.30. The van der Waals surface area contributed by atoms with E-state index in [1.54, 1.807) is 19.1 Å². The maximum atomic E-state index is 12.4. The highest BCUT2D eigenvalue weighted by Crippen LogP contribution is 2.24. The third-order valence-corrected chi connectivity index (χ3v) is 5.54. The summed E-state index contributed by atoms with van der Waals surface area (Å²) in [5, 5.41) is 4.79. The lowest BCUT2D eigenvalue weighted by atomic mass is 10.0. The number of hydrogen-bond donors (Lipinski definition) is 0. The molecule has 4 aromatic rings. The molecule has 0 unspecified atom stereocenters. The van der Waals surface area contributed by atoms with Crippen molar-refractivity contribution in [2.24, 2.45) is 0 Å². The normalized spacial score (nSPS) is 10.7. The van der Waals surface area contributed by atoms with E-state index in [0.29, 0.717) is 31.6 Å². The summed E-state index contributed by atoms with van der Waals surface area (Å²) in [7, 11) is 0. The Morgan fingerprint density at radius 3 is 2.20 bits per heavy atom. The molecule has 0 aliphatic carbocycles. The van der Waals surface area contributed by atoms with Crippen molar-refractivity contribution in [1.29, 1.82) is 0 Å². The zero-order valence-corrected chi connectivity index (χ0v) is 19.7. The van der Waals surface area contributed by atoms with Crippen molar-refractivity contribution in [1.82, 2.24) is 9.78 Å². The van der Waals surface area contributed by atoms with E-state index in [-0.39, 0.29) is 18.5 Å². The van der Waals surface area contributed by atoms with E-state index in [1.807, 2.05) is 83.7 Å². The largest absolute Gasteiger partial charge is 0.466 e. The number of rotatable bonds is 10. The number of hydrogen-bond acceptors (Lipinski definition) is 5. The fourth-order valence-electron chi connectivity index (χ4n) is 3.78. The van der Waals surface area contributed by atoms with Gasteiger partial charge in [-0.2, -0.15) is 5.10 Å². The molecule has 6 nitrogen and oxygen atoms in total. The number of carbonyl (C=O) groups is 2. The van der Waals surface area contributed by atoms with Gasteiger partial charge in [-0.05, 0) is 42.2 Å². The van der Waals surface area contributed by atoms with E-state index in [4.69, 9.17) is 14.6 Å². The molecule has 0 aliphatic heterocycles. The van der Waals surface area contributed by atoms with Gasteiger partial charge in [-0.15, -0.1) is 0 Å². The van der Waals surface area contributed by atoms with Crippen molar-refractivity contribution in [2.45, 2.75) is 32.9 Å². The Bertz CT molecular complexity index is 1250. The Hall–Kier alpha value is -4.19. The lowest BCUT2D eigenvalue weighted by Crippen LogP contribution is -2.06. The van der Waals surface area contributed by atoms with E-state index in [0.717, 1.165) is 27.9 Å². The summed E-state index contributed by atoms with van der Waals surface area (Å²) >= 11 is 0. The number of aryl methyl sites for hydroxylation is 1. The highest BCUT2D eigenvalue weighted by molar-refractivity contribution is 5.89. The maximum absolute atomic E-state index is 12.4. The van der Waals surface area contributed by atoms with E-state index in [2.05, 4.69) is 0 Å². The number of nitrogens with zero attached hydrogens (tertiary/aromatic N) is 2. The van der Waals surface area contributed by atoms with Crippen LogP contribution in [0.1, 0.15) is 40.4 Å². The van der Waals surface area contributed by atoms with Crippen molar-refractivity contribution < 1.29 is 19.1 Å². The van der Waals surface area contributed by atoms with Crippen LogP contribution in [0.4, 0.5) is 0 Å². The van der Waals surface area contributed by atoms with E-state index < -0.39 is 0 Å². The van der Waals surface area contributed by atoms with Crippen LogP contribution in [0.5, 0.6) is 0 Å². The first-order valence-electron chi connectivity index (χ1n) is 11.7. The Morgan fingerprint density at radius 2 is 1.51 bits per heavy atom. The summed E-state index contributed by atoms with van der Waals surface area (Å²) in [5.41, 5.74) is 5.31. The van der Waals surface area contributed by atoms with Crippen LogP contribution >= 0.6 is 0 Å². The number of aromatic nitrogens is 2. The summed E-state index contributed by atoms with van der Waals surface area (Å²) < 4.78 is 12.4. The summed E-state index contributed by atoms with van der Waals surface area (Å²) in [6.45, 7) is 2.96. The minimum absolute atomic E-state index is 0.214. The molecule has 0 radical (unpaired) electrons. The SMILES string of the molecule is CCOC(=O)CCc1cn(Cc2ccc(C(=O)OCc3ccccc3)cc2)nc1-c1ccccc1. The van der Waals surface area contributed by atoms with Crippen molar-refractivity contribution in [3.05, 3.63) is 113 Å². The summed E-state index contributed by atoms with van der Waals surface area (Å²) in [5.74, 6) is -0.568. The first kappa shape index (κ1) is 24.0. The molecule has 0 saturated heterocycles. The molecule has 0 fully saturated rings. The molecule has 0 bridgehead atoms. The Kier molecular flexibility index (Phi) is 8.07. The standard InChI is InChI=1S/C29H28N2O4/c1-2-34-27(32)18-17-26-20-31(30-28(26)24-11-7-4-8-12-24)19-22-13-15-25(16-14-22)29(33)35-21-23-9-5-3-6-10-23/h3-16,20H,2,17-19,21H2,1H3. The molecule has 1 heterocycles. The molecule has 3 aromatic carbocycles. The summed E-state index contributed by atoms with van der Waals surface area (Å²) in [6, 6.07) is 26.9. The lowest BCUT2D eigenvalue weighted by Gasteiger charge is -2.06. The minimum Gasteiger partial charge on any atom is -0.466 e. The van der Waals surface area contributed by atoms with Crippen LogP contribution in [-0.2, 0) is 33.8 Å². The Labute approximate surface area is 205 Å². The number of ether oxygens (including phenoxy) is 2. The highest BCUT2D eigenvalue weighted by Gasteiger charge is 2.14. The third-order valence-electron chi connectivity index (χ3n) is 5.54. The van der Waals surface area contributed by atoms with Crippen LogP contribution in [-0.4, -0.2) is 28.3 Å². The van der Waals surface area contributed by atoms with E-state index >= 15 is 0 Å². The van der Waals surface area contributed by atoms with Crippen LogP contribution in [0.3, 0.4) is 0 Å². The van der Waals surface area contributed by atoms with Gasteiger partial charge in [0, 0.05) is 18.2 Å². The predicted octanol–water partition coefficient (Wildman–Crippen LogP) is 5.45. The highest BCUT2D eigenvalue weighted by atomic mass is 16.5. The second kappa shape index (κ2) is 11.8. The number of benzene rings is 3. The third kappa shape index (κ3) is 6.67. The van der Waals surface area contributed by atoms with Crippen LogP contribution in [0.25, 0.3) is 11.3 Å². The van der Waals surface area contributed by atoms with Gasteiger partial charge in [0.25, 0.3) is 0 Å². The van der Waals surface area contributed by atoms with Crippen molar-refractivity contribution >= 4 is 11.9 Å². The number of esters is 2. The van der Waals surface area contributed by atoms with Gasteiger partial charge in [-0.1, -0.05) is 72.8 Å². The molecule has 178 valence electrons. The Morgan fingerprint density at radius 1 is 0.829 bits per heavy atom. The molecule has 0 aliphatic rings. The molecule has 0 saturated carbocycles. The number of carbonyl (C=O) groups excluding carboxylic acids is 2. The van der Waals surface area contributed by atoms with Gasteiger partial charge in [-0.25, -0.2) is 4.79 Å². The molecule has 0 amide bonds. The molecule has 35 heavy (non-hydrogen) atoms. The molecule has 4 rings (SSSR count). The van der Waals surface area contributed by atoms with Crippen LogP contribution in [0.15, 0.2) is 91.1 Å². The lowest BCUT2D eigenvalue weighted by molar-refractivity contribution is -0.143. The van der Waals surface area contributed by atoms with Gasteiger partial charge in [0.05, 0.1) is 24.4 Å². The molecule has 0 spiro atoms. The topological polar surface area (TPSA) is 70.4 Å². The summed E-state index contributed by atoms with van der Waals surface area (Å²) in [4.78, 5) is 24.3. The van der Waals surface area contributed by atoms with Gasteiger partial charge < -0.3 is 9.47 Å². The molecule has 0 N–H and O–H groups in total. The van der Waals surface area contributed by atoms with E-state index in [9.17, 15) is 9.59 Å². The average molecular weight is 469 g/mol. The molecular weight excluding hydrogens is 440 g/mol. The quantitative estimate of drug-likeness (QED) is 0.290. The Balaban J connectivity index is 1.44. The van der Waals surface area contributed by atoms with Crippen molar-refractivity contribution in [3.8, 4) is 11.3 Å². The monoisotopic (exact) mass is 468 g/mol. The fraction of sp³-hybridized carbons (Fsp3) is 0.207. The fourth-order valence-corrected chi connectivity index (χ4v) is 3.78. The summed E-state index contributed by atoms with van der Waals surface area (Å²) in [6.07, 6.45) is 2.83. The van der Waals surface area contributed by atoms with Crippen LogP contribution < -0.4 is 0 Å². The van der Waals surface area contributed by atoms with Gasteiger partial charge in [0.15, 0.2) is 0 Å². The van der Waals surface area contributed by atoms with Crippen LogP contribution in [0.2, 0.25) is 0 Å². The second-order valence-corrected chi connectivity index (χ2v) is 8.13. The first-order chi connectivity index (χ1) is 17.1. The zero-order valence-electron chi connectivity index (χ0n) is 19.7. The van der Waals surface area contributed by atoms with Gasteiger partial charge in [0.1, 0.15) is 6.61 Å². The van der Waals surface area contributed by atoms with Gasteiger partial charge in [0.2, 0.25) is 0 Å². The molecule has 6 heteroatoms. The van der Waals surface area contributed by atoms with Crippen molar-refractivity contribution in [2.75, 3.05) is 6.61 Å². The van der Waals surface area contributed by atoms with Gasteiger partial charge in [-0.3, -0.25) is 9.48 Å². The predicted molar refractivity (Wildman–Crippen MR) is 134 cm³/mol. The second-order valence-electron chi connectivity index (χ2n) is 8.13. The molecule has 1 aromatic heterocycles. The molecule has 0 atom stereocenters. The molecular formula is C29H28N2O4. The smallest absolute Gasteiger partial charge is 0.338 e. The first-order valence-corrected chi connectivity index (χ1v) is 11.7. The van der Waals surface area contributed by atoms with Crippen LogP contribution in [0, 0.1) is 0 Å². The maximum Gasteiger partial charge on any atom is 0.338 e.